The Labute approximate surface area is 136 Å². The van der Waals surface area contributed by atoms with Crippen LogP contribution in [0, 0.1) is 0 Å². The largest absolute Gasteiger partial charge is 0.373 e. The van der Waals surface area contributed by atoms with Crippen LogP contribution in [0.5, 0.6) is 0 Å². The molecule has 1 fully saturated rings. The van der Waals surface area contributed by atoms with Crippen molar-refractivity contribution in [1.82, 2.24) is 4.90 Å². The molecule has 1 amide bonds. The third-order valence-corrected chi connectivity index (χ3v) is 4.55. The van der Waals surface area contributed by atoms with E-state index in [0.29, 0.717) is 18.7 Å². The number of carbonyl (C=O) groups excluding carboxylic acids is 1. The van der Waals surface area contributed by atoms with Gasteiger partial charge in [-0.15, -0.1) is 0 Å². The highest BCUT2D eigenvalue weighted by Gasteiger charge is 2.22. The smallest absolute Gasteiger partial charge is 0.238 e. The van der Waals surface area contributed by atoms with Crippen molar-refractivity contribution in [2.24, 2.45) is 5.14 Å². The normalized spacial score (nSPS) is 22.7. The predicted molar refractivity (Wildman–Crippen MR) is 87.5 cm³/mol. The Morgan fingerprint density at radius 1 is 1.26 bits per heavy atom. The molecule has 23 heavy (non-hydrogen) atoms. The van der Waals surface area contributed by atoms with Crippen LogP contribution in [0.15, 0.2) is 29.2 Å². The second kappa shape index (κ2) is 7.39. The molecule has 1 aliphatic heterocycles. The van der Waals surface area contributed by atoms with Gasteiger partial charge in [0.25, 0.3) is 0 Å². The zero-order valence-electron chi connectivity index (χ0n) is 13.4. The van der Waals surface area contributed by atoms with Gasteiger partial charge in [-0.2, -0.15) is 0 Å². The van der Waals surface area contributed by atoms with E-state index in [1.54, 1.807) is 0 Å². The van der Waals surface area contributed by atoms with Crippen LogP contribution in [0.3, 0.4) is 0 Å². The molecular formula is C15H23N3O4S. The first kappa shape index (κ1) is 17.9. The maximum absolute atomic E-state index is 12.0. The molecule has 0 radical (unpaired) electrons. The molecular weight excluding hydrogens is 318 g/mol. The van der Waals surface area contributed by atoms with Crippen molar-refractivity contribution >= 4 is 21.6 Å². The fourth-order valence-corrected chi connectivity index (χ4v) is 3.19. The minimum atomic E-state index is -3.71. The number of nitrogens with one attached hydrogen (secondary N) is 1. The van der Waals surface area contributed by atoms with E-state index in [4.69, 9.17) is 9.88 Å². The number of primary sulfonamides is 1. The molecule has 7 nitrogen and oxygen atoms in total. The Bertz CT molecular complexity index is 635. The molecule has 0 aromatic heterocycles. The number of nitrogens with two attached hydrogens (primary N) is 1. The Balaban J connectivity index is 1.83. The first-order valence-electron chi connectivity index (χ1n) is 7.54. The first-order valence-corrected chi connectivity index (χ1v) is 9.09. The second-order valence-corrected chi connectivity index (χ2v) is 7.45. The van der Waals surface area contributed by atoms with Crippen molar-refractivity contribution in [2.45, 2.75) is 37.4 Å². The molecule has 1 aromatic carbocycles. The van der Waals surface area contributed by atoms with Gasteiger partial charge in [-0.3, -0.25) is 9.69 Å². The summed E-state index contributed by atoms with van der Waals surface area (Å²) in [5.41, 5.74) is 0.547. The average Bonchev–Trinajstić information content (AvgIpc) is 2.44. The predicted octanol–water partition coefficient (Wildman–Crippen LogP) is 0.772. The number of benzene rings is 1. The lowest BCUT2D eigenvalue weighted by molar-refractivity contribution is -0.117. The highest BCUT2D eigenvalue weighted by molar-refractivity contribution is 7.89. The fraction of sp³-hybridized carbons (Fsp3) is 0.533. The van der Waals surface area contributed by atoms with Crippen molar-refractivity contribution in [1.29, 1.82) is 0 Å². The summed E-state index contributed by atoms with van der Waals surface area (Å²) in [6.07, 6.45) is 0.719. The molecule has 3 N–H and O–H groups in total. The highest BCUT2D eigenvalue weighted by atomic mass is 32.2. The summed E-state index contributed by atoms with van der Waals surface area (Å²) in [5, 5.41) is 7.78. The third kappa shape index (κ3) is 5.58. The third-order valence-electron chi connectivity index (χ3n) is 3.62. The number of sulfonamides is 1. The fourth-order valence-electron chi connectivity index (χ4n) is 2.68. The van der Waals surface area contributed by atoms with Crippen LogP contribution in [0.1, 0.15) is 20.3 Å². The van der Waals surface area contributed by atoms with E-state index in [9.17, 15) is 13.2 Å². The van der Waals surface area contributed by atoms with E-state index in [-0.39, 0.29) is 23.0 Å². The number of ether oxygens (including phenoxy) is 1. The number of amides is 1. The quantitative estimate of drug-likeness (QED) is 0.824. The Hall–Kier alpha value is -1.48. The van der Waals surface area contributed by atoms with Crippen molar-refractivity contribution in [3.63, 3.8) is 0 Å². The first-order chi connectivity index (χ1) is 10.7. The van der Waals surface area contributed by atoms with Gasteiger partial charge in [0.05, 0.1) is 17.1 Å². The summed E-state index contributed by atoms with van der Waals surface area (Å²) in [4.78, 5) is 14.2. The molecule has 1 aromatic rings. The molecule has 1 heterocycles. The molecule has 0 spiro atoms. The molecule has 0 saturated carbocycles. The number of rotatable bonds is 5. The summed E-state index contributed by atoms with van der Waals surface area (Å²) in [6, 6.07) is 5.79. The number of nitrogens with zero attached hydrogens (tertiary/aromatic N) is 1. The van der Waals surface area contributed by atoms with Crippen LogP contribution >= 0.6 is 0 Å². The average molecular weight is 341 g/mol. The zero-order chi connectivity index (χ0) is 17.0. The van der Waals surface area contributed by atoms with E-state index in [2.05, 4.69) is 10.2 Å². The summed E-state index contributed by atoms with van der Waals surface area (Å²) in [6.45, 7) is 6.35. The monoisotopic (exact) mass is 341 g/mol. The molecule has 128 valence electrons. The molecule has 0 bridgehead atoms. The maximum Gasteiger partial charge on any atom is 0.238 e. The van der Waals surface area contributed by atoms with Crippen LogP contribution in [0.4, 0.5) is 5.69 Å². The van der Waals surface area contributed by atoms with Gasteiger partial charge in [0.1, 0.15) is 0 Å². The number of hydrogen-bond acceptors (Lipinski definition) is 5. The molecule has 1 aliphatic rings. The SMILES string of the molecule is C[C@@H]1CN(CCC(=O)Nc2ccc(S(N)(=O)=O)cc2)C[C@@H](C)O1. The van der Waals surface area contributed by atoms with E-state index in [1.165, 1.54) is 24.3 Å². The van der Waals surface area contributed by atoms with Crippen LogP contribution in [0.25, 0.3) is 0 Å². The van der Waals surface area contributed by atoms with Gasteiger partial charge >= 0.3 is 0 Å². The number of morpholine rings is 1. The van der Waals surface area contributed by atoms with Crippen LogP contribution < -0.4 is 10.5 Å². The molecule has 0 unspecified atom stereocenters. The number of anilines is 1. The van der Waals surface area contributed by atoms with Gasteiger partial charge in [0.15, 0.2) is 0 Å². The Morgan fingerprint density at radius 2 is 1.83 bits per heavy atom. The van der Waals surface area contributed by atoms with Crippen LogP contribution in [0.2, 0.25) is 0 Å². The molecule has 2 rings (SSSR count). The van der Waals surface area contributed by atoms with Gasteiger partial charge < -0.3 is 10.1 Å². The van der Waals surface area contributed by atoms with Crippen molar-refractivity contribution in [3.05, 3.63) is 24.3 Å². The lowest BCUT2D eigenvalue weighted by Crippen LogP contribution is -2.46. The number of carbonyl (C=O) groups is 1. The molecule has 0 aliphatic carbocycles. The topological polar surface area (TPSA) is 102 Å². The van der Waals surface area contributed by atoms with Gasteiger partial charge in [-0.1, -0.05) is 0 Å². The molecule has 1 saturated heterocycles. The van der Waals surface area contributed by atoms with E-state index in [1.807, 2.05) is 13.8 Å². The molecule has 2 atom stereocenters. The van der Waals surface area contributed by atoms with Gasteiger partial charge in [0, 0.05) is 31.7 Å². The second-order valence-electron chi connectivity index (χ2n) is 5.88. The van der Waals surface area contributed by atoms with Crippen molar-refractivity contribution in [2.75, 3.05) is 25.0 Å². The lowest BCUT2D eigenvalue weighted by atomic mass is 10.2. The van der Waals surface area contributed by atoms with E-state index >= 15 is 0 Å². The summed E-state index contributed by atoms with van der Waals surface area (Å²) < 4.78 is 28.0. The van der Waals surface area contributed by atoms with Gasteiger partial charge in [0.2, 0.25) is 15.9 Å². The van der Waals surface area contributed by atoms with E-state index in [0.717, 1.165) is 13.1 Å². The van der Waals surface area contributed by atoms with Crippen molar-refractivity contribution in [3.8, 4) is 0 Å². The van der Waals surface area contributed by atoms with Crippen molar-refractivity contribution < 1.29 is 17.9 Å². The lowest BCUT2D eigenvalue weighted by Gasteiger charge is -2.35. The van der Waals surface area contributed by atoms with Gasteiger partial charge in [-0.25, -0.2) is 13.6 Å². The Kier molecular flexibility index (Phi) is 5.74. The highest BCUT2D eigenvalue weighted by Crippen LogP contribution is 2.14. The summed E-state index contributed by atoms with van der Waals surface area (Å²) >= 11 is 0. The minimum absolute atomic E-state index is 0.0202. The van der Waals surface area contributed by atoms with E-state index < -0.39 is 10.0 Å². The standard InChI is InChI=1S/C15H23N3O4S/c1-11-9-18(10-12(2)22-11)8-7-15(19)17-13-3-5-14(6-4-13)23(16,20)21/h3-6,11-12H,7-10H2,1-2H3,(H,17,19)(H2,16,20,21)/t11-,12-/m1/s1. The maximum atomic E-state index is 12.0. The Morgan fingerprint density at radius 3 is 2.35 bits per heavy atom. The summed E-state index contributed by atoms with van der Waals surface area (Å²) in [5.74, 6) is -0.111. The van der Waals surface area contributed by atoms with Gasteiger partial charge in [-0.05, 0) is 38.1 Å². The number of hydrogen-bond donors (Lipinski definition) is 2. The zero-order valence-corrected chi connectivity index (χ0v) is 14.2. The van der Waals surface area contributed by atoms with Crippen LogP contribution in [-0.2, 0) is 19.6 Å². The molecule has 8 heteroatoms. The summed E-state index contributed by atoms with van der Waals surface area (Å²) in [7, 11) is -3.71. The van der Waals surface area contributed by atoms with Crippen LogP contribution in [-0.4, -0.2) is 51.1 Å². The minimum Gasteiger partial charge on any atom is -0.373 e.